The summed E-state index contributed by atoms with van der Waals surface area (Å²) in [6.07, 6.45) is 0. The molecule has 0 aliphatic carbocycles. The molecule has 0 aliphatic heterocycles. The van der Waals surface area contributed by atoms with E-state index in [1.165, 1.54) is 21.8 Å². The molecule has 0 unspecified atom stereocenters. The van der Waals surface area contributed by atoms with Crippen molar-refractivity contribution in [3.63, 3.8) is 0 Å². The van der Waals surface area contributed by atoms with Gasteiger partial charge in [0, 0.05) is 38.0 Å². The molecule has 1 aromatic heterocycles. The summed E-state index contributed by atoms with van der Waals surface area (Å²) in [5, 5.41) is 2.49. The zero-order chi connectivity index (χ0) is 22.2. The second-order valence-corrected chi connectivity index (χ2v) is 8.95. The molecule has 5 aromatic carbocycles. The quantitative estimate of drug-likeness (QED) is 0.240. The van der Waals surface area contributed by atoms with Crippen molar-refractivity contribution in [3.05, 3.63) is 132 Å². The fourth-order valence-electron chi connectivity index (χ4n) is 4.57. The highest BCUT2D eigenvalue weighted by Crippen LogP contribution is 2.39. The lowest BCUT2D eigenvalue weighted by molar-refractivity contribution is 1.18. The summed E-state index contributed by atoms with van der Waals surface area (Å²) in [6, 6.07) is 45.0. The van der Waals surface area contributed by atoms with Crippen molar-refractivity contribution in [2.75, 3.05) is 4.90 Å². The minimum Gasteiger partial charge on any atom is -0.310 e. The monoisotopic (exact) mass is 488 g/mol. The lowest BCUT2D eigenvalue weighted by Crippen LogP contribution is -2.09. The van der Waals surface area contributed by atoms with E-state index >= 15 is 0 Å². The number of anilines is 3. The molecule has 0 spiro atoms. The van der Waals surface area contributed by atoms with Gasteiger partial charge in [0.15, 0.2) is 0 Å². The second kappa shape index (κ2) is 8.27. The number of rotatable bonds is 4. The highest BCUT2D eigenvalue weighted by molar-refractivity contribution is 9.10. The van der Waals surface area contributed by atoms with Crippen LogP contribution in [0.5, 0.6) is 0 Å². The van der Waals surface area contributed by atoms with Gasteiger partial charge in [0.05, 0.1) is 11.0 Å². The molecule has 0 amide bonds. The first-order chi connectivity index (χ1) is 16.3. The highest BCUT2D eigenvalue weighted by atomic mass is 79.9. The Kier molecular flexibility index (Phi) is 4.97. The van der Waals surface area contributed by atoms with Gasteiger partial charge in [-0.15, -0.1) is 0 Å². The third-order valence-corrected chi connectivity index (χ3v) is 6.56. The zero-order valence-electron chi connectivity index (χ0n) is 17.9. The molecular formula is C30H21BrN2. The predicted molar refractivity (Wildman–Crippen MR) is 143 cm³/mol. The van der Waals surface area contributed by atoms with Gasteiger partial charge in [0.2, 0.25) is 0 Å². The average Bonchev–Trinajstić information content (AvgIpc) is 3.20. The van der Waals surface area contributed by atoms with Crippen molar-refractivity contribution in [2.24, 2.45) is 0 Å². The summed E-state index contributed by atoms with van der Waals surface area (Å²) in [7, 11) is 0. The molecule has 0 N–H and O–H groups in total. The Morgan fingerprint density at radius 3 is 1.73 bits per heavy atom. The van der Waals surface area contributed by atoms with Crippen LogP contribution in [0.15, 0.2) is 132 Å². The van der Waals surface area contributed by atoms with E-state index in [0.29, 0.717) is 0 Å². The molecular weight excluding hydrogens is 468 g/mol. The van der Waals surface area contributed by atoms with Crippen LogP contribution in [0.25, 0.3) is 27.5 Å². The van der Waals surface area contributed by atoms with Crippen molar-refractivity contribution in [1.29, 1.82) is 0 Å². The molecule has 6 aromatic rings. The smallest absolute Gasteiger partial charge is 0.0542 e. The third kappa shape index (κ3) is 3.51. The largest absolute Gasteiger partial charge is 0.310 e. The molecule has 0 radical (unpaired) electrons. The first-order valence-electron chi connectivity index (χ1n) is 11.0. The first kappa shape index (κ1) is 19.8. The number of benzene rings is 5. The second-order valence-electron chi connectivity index (χ2n) is 8.04. The molecule has 0 saturated heterocycles. The Bertz CT molecular complexity index is 1510. The highest BCUT2D eigenvalue weighted by Gasteiger charge is 2.16. The van der Waals surface area contributed by atoms with E-state index in [2.05, 4.69) is 153 Å². The van der Waals surface area contributed by atoms with Crippen molar-refractivity contribution in [3.8, 4) is 5.69 Å². The van der Waals surface area contributed by atoms with E-state index in [-0.39, 0.29) is 0 Å². The van der Waals surface area contributed by atoms with E-state index in [0.717, 1.165) is 27.2 Å². The number of hydrogen-bond acceptors (Lipinski definition) is 1. The van der Waals surface area contributed by atoms with Gasteiger partial charge < -0.3 is 9.47 Å². The lowest BCUT2D eigenvalue weighted by atomic mass is 10.1. The third-order valence-electron chi connectivity index (χ3n) is 6.03. The van der Waals surface area contributed by atoms with E-state index < -0.39 is 0 Å². The van der Waals surface area contributed by atoms with Crippen molar-refractivity contribution in [2.45, 2.75) is 0 Å². The van der Waals surface area contributed by atoms with Gasteiger partial charge in [0.25, 0.3) is 0 Å². The molecule has 33 heavy (non-hydrogen) atoms. The van der Waals surface area contributed by atoms with Crippen molar-refractivity contribution >= 4 is 54.8 Å². The molecule has 0 aliphatic rings. The molecule has 0 atom stereocenters. The van der Waals surface area contributed by atoms with Gasteiger partial charge in [-0.1, -0.05) is 70.5 Å². The predicted octanol–water partition coefficient (Wildman–Crippen LogP) is 9.02. The Hall–Kier alpha value is -3.82. The Morgan fingerprint density at radius 1 is 0.485 bits per heavy atom. The minimum absolute atomic E-state index is 1.08. The molecule has 0 fully saturated rings. The van der Waals surface area contributed by atoms with Gasteiger partial charge in [-0.25, -0.2) is 0 Å². The van der Waals surface area contributed by atoms with Crippen molar-refractivity contribution in [1.82, 2.24) is 4.57 Å². The van der Waals surface area contributed by atoms with Crippen LogP contribution >= 0.6 is 15.9 Å². The van der Waals surface area contributed by atoms with E-state index in [4.69, 9.17) is 0 Å². The molecule has 158 valence electrons. The number of aromatic nitrogens is 1. The number of nitrogens with zero attached hydrogens (tertiary/aromatic N) is 2. The molecule has 1 heterocycles. The standard InChI is InChI=1S/C30H21BrN2/c31-22-15-17-25(18-16-22)33-29-14-8-7-13-27(29)28-21-26(19-20-30(28)33)32(23-9-3-1-4-10-23)24-11-5-2-6-12-24/h1-21H. The van der Waals surface area contributed by atoms with Crippen molar-refractivity contribution < 1.29 is 0 Å². The minimum atomic E-state index is 1.08. The van der Waals surface area contributed by atoms with Crippen LogP contribution in [-0.2, 0) is 0 Å². The number of fused-ring (bicyclic) bond motifs is 3. The van der Waals surface area contributed by atoms with E-state index in [1.807, 2.05) is 0 Å². The fraction of sp³-hybridized carbons (Fsp3) is 0. The number of para-hydroxylation sites is 3. The van der Waals surface area contributed by atoms with Gasteiger partial charge >= 0.3 is 0 Å². The Balaban J connectivity index is 1.61. The molecule has 2 nitrogen and oxygen atoms in total. The average molecular weight is 489 g/mol. The molecule has 3 heteroatoms. The van der Waals surface area contributed by atoms with Crippen LogP contribution in [0, 0.1) is 0 Å². The first-order valence-corrected chi connectivity index (χ1v) is 11.8. The maximum atomic E-state index is 3.56. The molecule has 6 rings (SSSR count). The topological polar surface area (TPSA) is 8.17 Å². The van der Waals surface area contributed by atoms with E-state index in [9.17, 15) is 0 Å². The number of hydrogen-bond donors (Lipinski definition) is 0. The maximum Gasteiger partial charge on any atom is 0.0542 e. The zero-order valence-corrected chi connectivity index (χ0v) is 19.5. The summed E-state index contributed by atoms with van der Waals surface area (Å²) >= 11 is 3.56. The van der Waals surface area contributed by atoms with Gasteiger partial charge in [-0.3, -0.25) is 0 Å². The summed E-state index contributed by atoms with van der Waals surface area (Å²) < 4.78 is 3.42. The fourth-order valence-corrected chi connectivity index (χ4v) is 4.83. The molecule has 0 bridgehead atoms. The van der Waals surface area contributed by atoms with Gasteiger partial charge in [0.1, 0.15) is 0 Å². The SMILES string of the molecule is Brc1ccc(-n2c3ccccc3c3cc(N(c4ccccc4)c4ccccc4)ccc32)cc1. The van der Waals surface area contributed by atoms with Crippen LogP contribution in [-0.4, -0.2) is 4.57 Å². The summed E-state index contributed by atoms with van der Waals surface area (Å²) in [5.41, 5.74) is 6.97. The summed E-state index contributed by atoms with van der Waals surface area (Å²) in [6.45, 7) is 0. The maximum absolute atomic E-state index is 3.56. The van der Waals surface area contributed by atoms with Crippen LogP contribution in [0.3, 0.4) is 0 Å². The van der Waals surface area contributed by atoms with Gasteiger partial charge in [-0.05, 0) is 72.8 Å². The van der Waals surface area contributed by atoms with Crippen LogP contribution in [0.2, 0.25) is 0 Å². The summed E-state index contributed by atoms with van der Waals surface area (Å²) in [4.78, 5) is 2.31. The van der Waals surface area contributed by atoms with Gasteiger partial charge in [-0.2, -0.15) is 0 Å². The Morgan fingerprint density at radius 2 is 1.06 bits per heavy atom. The van der Waals surface area contributed by atoms with Crippen LogP contribution in [0.4, 0.5) is 17.1 Å². The van der Waals surface area contributed by atoms with Crippen LogP contribution in [0.1, 0.15) is 0 Å². The van der Waals surface area contributed by atoms with Crippen LogP contribution < -0.4 is 4.90 Å². The summed E-state index contributed by atoms with van der Waals surface area (Å²) in [5.74, 6) is 0. The Labute approximate surface area is 201 Å². The molecule has 0 saturated carbocycles. The number of halogens is 1. The van der Waals surface area contributed by atoms with E-state index in [1.54, 1.807) is 0 Å². The normalized spacial score (nSPS) is 11.2. The lowest BCUT2D eigenvalue weighted by Gasteiger charge is -2.25.